The minimum atomic E-state index is -0.0524. The van der Waals surface area contributed by atoms with Gasteiger partial charge in [0, 0.05) is 0 Å². The van der Waals surface area contributed by atoms with Crippen molar-refractivity contribution in [2.75, 3.05) is 0 Å². The molecule has 0 amide bonds. The molecule has 2 saturated carbocycles. The summed E-state index contributed by atoms with van der Waals surface area (Å²) in [4.78, 5) is 0. The molecule has 4 rings (SSSR count). The maximum absolute atomic E-state index is 11.2. The van der Waals surface area contributed by atoms with E-state index >= 15 is 0 Å². The Balaban J connectivity index is 1.43. The minimum Gasteiger partial charge on any atom is -0.507 e. The summed E-state index contributed by atoms with van der Waals surface area (Å²) >= 11 is 0. The third-order valence-corrected chi connectivity index (χ3v) is 9.54. The Labute approximate surface area is 239 Å². The van der Waals surface area contributed by atoms with Gasteiger partial charge < -0.3 is 10.2 Å². The van der Waals surface area contributed by atoms with E-state index in [0.29, 0.717) is 23.3 Å². The fourth-order valence-electron chi connectivity index (χ4n) is 7.15. The van der Waals surface area contributed by atoms with Crippen molar-refractivity contribution in [3.63, 3.8) is 0 Å². The SMILES string of the molecule is CC(C)(C)c1cc(CCCCCc2cc(C3CCCCC3)c(O)c(C(C)(C)C)c2)cc(C2CCCCC2)c1O. The normalized spacial score (nSPS) is 18.0. The maximum atomic E-state index is 11.2. The van der Waals surface area contributed by atoms with E-state index in [0.717, 1.165) is 24.0 Å². The van der Waals surface area contributed by atoms with Crippen LogP contribution in [0.3, 0.4) is 0 Å². The van der Waals surface area contributed by atoms with Gasteiger partial charge in [0.15, 0.2) is 0 Å². The van der Waals surface area contributed by atoms with Crippen LogP contribution in [0, 0.1) is 0 Å². The van der Waals surface area contributed by atoms with Crippen LogP contribution in [0.15, 0.2) is 24.3 Å². The van der Waals surface area contributed by atoms with E-state index in [2.05, 4.69) is 65.8 Å². The van der Waals surface area contributed by atoms with Crippen LogP contribution in [-0.4, -0.2) is 10.2 Å². The summed E-state index contributed by atoms with van der Waals surface area (Å²) in [7, 11) is 0. The Morgan fingerprint density at radius 3 is 1.23 bits per heavy atom. The van der Waals surface area contributed by atoms with Gasteiger partial charge in [0.2, 0.25) is 0 Å². The maximum Gasteiger partial charge on any atom is 0.122 e. The Bertz CT molecular complexity index is 998. The Morgan fingerprint density at radius 2 is 0.897 bits per heavy atom. The molecule has 2 aliphatic carbocycles. The molecule has 0 aliphatic heterocycles. The first-order valence-corrected chi connectivity index (χ1v) is 16.2. The largest absolute Gasteiger partial charge is 0.507 e. The lowest BCUT2D eigenvalue weighted by atomic mass is 9.78. The number of phenolic OH excluding ortho intramolecular Hbond substituents is 2. The molecule has 0 saturated heterocycles. The predicted molar refractivity (Wildman–Crippen MR) is 167 cm³/mol. The Hall–Kier alpha value is -1.96. The highest BCUT2D eigenvalue weighted by atomic mass is 16.3. The Kier molecular flexibility index (Phi) is 9.77. The summed E-state index contributed by atoms with van der Waals surface area (Å²) in [6.07, 6.45) is 18.4. The van der Waals surface area contributed by atoms with Gasteiger partial charge >= 0.3 is 0 Å². The molecule has 2 nitrogen and oxygen atoms in total. The highest BCUT2D eigenvalue weighted by Crippen LogP contribution is 2.44. The van der Waals surface area contributed by atoms with Crippen molar-refractivity contribution < 1.29 is 10.2 Å². The van der Waals surface area contributed by atoms with E-state index in [1.807, 2.05) is 0 Å². The molecule has 0 bridgehead atoms. The molecule has 0 spiro atoms. The first-order chi connectivity index (χ1) is 18.4. The number of rotatable bonds is 8. The van der Waals surface area contributed by atoms with Crippen molar-refractivity contribution in [3.8, 4) is 11.5 Å². The number of benzene rings is 2. The standard InChI is InChI=1S/C37H56O2/c1-36(2,3)32-24-26(22-30(34(32)38)28-18-12-8-13-19-28)16-10-7-11-17-27-23-31(29-20-14-9-15-21-29)35(39)33(25-27)37(4,5)6/h22-25,28-29,38-39H,7-21H2,1-6H3. The predicted octanol–water partition coefficient (Wildman–Crippen LogP) is 10.7. The lowest BCUT2D eigenvalue weighted by molar-refractivity contribution is 0.402. The van der Waals surface area contributed by atoms with Gasteiger partial charge in [-0.1, -0.05) is 111 Å². The van der Waals surface area contributed by atoms with E-state index < -0.39 is 0 Å². The van der Waals surface area contributed by atoms with E-state index in [9.17, 15) is 10.2 Å². The van der Waals surface area contributed by atoms with Crippen molar-refractivity contribution in [1.29, 1.82) is 0 Å². The van der Waals surface area contributed by atoms with E-state index in [1.165, 1.54) is 106 Å². The van der Waals surface area contributed by atoms with Gasteiger partial charge in [0.25, 0.3) is 0 Å². The first kappa shape index (κ1) is 30.0. The van der Waals surface area contributed by atoms with Crippen LogP contribution < -0.4 is 0 Å². The topological polar surface area (TPSA) is 40.5 Å². The van der Waals surface area contributed by atoms with Gasteiger partial charge in [0.05, 0.1) is 0 Å². The van der Waals surface area contributed by atoms with Gasteiger partial charge in [-0.2, -0.15) is 0 Å². The third kappa shape index (κ3) is 7.62. The number of phenols is 2. The quantitative estimate of drug-likeness (QED) is 0.332. The van der Waals surface area contributed by atoms with Gasteiger partial charge in [0.1, 0.15) is 11.5 Å². The number of aryl methyl sites for hydroxylation is 2. The van der Waals surface area contributed by atoms with E-state index in [4.69, 9.17) is 0 Å². The van der Waals surface area contributed by atoms with Crippen LogP contribution in [0.25, 0.3) is 0 Å². The molecule has 2 heteroatoms. The summed E-state index contributed by atoms with van der Waals surface area (Å²) in [6.45, 7) is 13.3. The van der Waals surface area contributed by atoms with Crippen LogP contribution in [0.2, 0.25) is 0 Å². The fourth-order valence-corrected chi connectivity index (χ4v) is 7.15. The van der Waals surface area contributed by atoms with E-state index in [-0.39, 0.29) is 10.8 Å². The minimum absolute atomic E-state index is 0.0524. The van der Waals surface area contributed by atoms with Gasteiger partial charge in [-0.25, -0.2) is 0 Å². The molecule has 2 fully saturated rings. The van der Waals surface area contributed by atoms with Crippen LogP contribution in [0.5, 0.6) is 11.5 Å². The van der Waals surface area contributed by atoms with Crippen LogP contribution in [0.1, 0.15) is 170 Å². The highest BCUT2D eigenvalue weighted by Gasteiger charge is 2.27. The molecule has 0 radical (unpaired) electrons. The fraction of sp³-hybridized carbons (Fsp3) is 0.676. The van der Waals surface area contributed by atoms with Crippen LogP contribution in [0.4, 0.5) is 0 Å². The van der Waals surface area contributed by atoms with Crippen molar-refractivity contribution in [2.45, 2.75) is 161 Å². The van der Waals surface area contributed by atoms with Crippen LogP contribution >= 0.6 is 0 Å². The first-order valence-electron chi connectivity index (χ1n) is 16.2. The average molecular weight is 533 g/mol. The molecule has 0 aromatic heterocycles. The average Bonchev–Trinajstić information content (AvgIpc) is 2.89. The van der Waals surface area contributed by atoms with Crippen molar-refractivity contribution in [1.82, 2.24) is 0 Å². The molecule has 39 heavy (non-hydrogen) atoms. The monoisotopic (exact) mass is 532 g/mol. The van der Waals surface area contributed by atoms with Crippen LogP contribution in [-0.2, 0) is 23.7 Å². The zero-order valence-electron chi connectivity index (χ0n) is 26.0. The molecule has 2 aliphatic rings. The number of unbranched alkanes of at least 4 members (excludes halogenated alkanes) is 2. The lowest BCUT2D eigenvalue weighted by Gasteiger charge is -2.28. The van der Waals surface area contributed by atoms with Crippen molar-refractivity contribution in [2.24, 2.45) is 0 Å². The van der Waals surface area contributed by atoms with Gasteiger partial charge in [-0.15, -0.1) is 0 Å². The molecule has 0 atom stereocenters. The smallest absolute Gasteiger partial charge is 0.122 e. The molecular formula is C37H56O2. The third-order valence-electron chi connectivity index (χ3n) is 9.54. The lowest BCUT2D eigenvalue weighted by Crippen LogP contribution is -2.15. The van der Waals surface area contributed by atoms with Gasteiger partial charge in [-0.3, -0.25) is 0 Å². The van der Waals surface area contributed by atoms with Crippen molar-refractivity contribution >= 4 is 0 Å². The summed E-state index contributed by atoms with van der Waals surface area (Å²) in [5.74, 6) is 2.16. The van der Waals surface area contributed by atoms with Gasteiger partial charge in [-0.05, 0) is 107 Å². The summed E-state index contributed by atoms with van der Waals surface area (Å²) in [6, 6.07) is 9.25. The molecule has 216 valence electrons. The summed E-state index contributed by atoms with van der Waals surface area (Å²) < 4.78 is 0. The zero-order valence-corrected chi connectivity index (χ0v) is 26.0. The molecule has 2 aromatic carbocycles. The second kappa shape index (κ2) is 12.7. The zero-order chi connectivity index (χ0) is 28.2. The molecule has 2 N–H and O–H groups in total. The number of hydrogen-bond acceptors (Lipinski definition) is 2. The second-order valence-electron chi connectivity index (χ2n) is 14.9. The van der Waals surface area contributed by atoms with E-state index in [1.54, 1.807) is 0 Å². The highest BCUT2D eigenvalue weighted by molar-refractivity contribution is 5.50. The molecule has 0 unspecified atom stereocenters. The summed E-state index contributed by atoms with van der Waals surface area (Å²) in [5.41, 5.74) is 7.36. The number of hydrogen-bond donors (Lipinski definition) is 2. The molecule has 0 heterocycles. The number of aromatic hydroxyl groups is 2. The molecule has 2 aromatic rings. The second-order valence-corrected chi connectivity index (χ2v) is 14.9. The van der Waals surface area contributed by atoms with Crippen molar-refractivity contribution in [3.05, 3.63) is 57.6 Å². The molecular weight excluding hydrogens is 476 g/mol. The summed E-state index contributed by atoms with van der Waals surface area (Å²) in [5, 5.41) is 22.5. The Morgan fingerprint density at radius 1 is 0.538 bits per heavy atom.